The number of benzene rings is 2. The molecule has 0 unspecified atom stereocenters. The predicted molar refractivity (Wildman–Crippen MR) is 101 cm³/mol. The SMILES string of the molecule is C[C@@H](Oc1ccccc1F)c1nnc(SCC(=O)Nc2ccc(Cl)cc2)o1. The summed E-state index contributed by atoms with van der Waals surface area (Å²) in [6.07, 6.45) is -0.633. The van der Waals surface area contributed by atoms with Crippen molar-refractivity contribution in [3.8, 4) is 5.75 Å². The summed E-state index contributed by atoms with van der Waals surface area (Å²) in [7, 11) is 0. The van der Waals surface area contributed by atoms with Crippen LogP contribution < -0.4 is 10.1 Å². The van der Waals surface area contributed by atoms with Gasteiger partial charge in [0.2, 0.25) is 5.91 Å². The fourth-order valence-corrected chi connectivity index (χ4v) is 2.78. The molecule has 0 aliphatic heterocycles. The molecule has 3 rings (SSSR count). The zero-order valence-corrected chi connectivity index (χ0v) is 15.8. The van der Waals surface area contributed by atoms with E-state index in [1.165, 1.54) is 12.1 Å². The van der Waals surface area contributed by atoms with Crippen molar-refractivity contribution in [3.05, 3.63) is 65.3 Å². The number of carbonyl (C=O) groups is 1. The second kappa shape index (κ2) is 8.88. The van der Waals surface area contributed by atoms with Crippen LogP contribution in [0.3, 0.4) is 0 Å². The molecule has 27 heavy (non-hydrogen) atoms. The Kier molecular flexibility index (Phi) is 6.31. The third-order valence-electron chi connectivity index (χ3n) is 3.36. The van der Waals surface area contributed by atoms with Crippen molar-refractivity contribution in [2.24, 2.45) is 0 Å². The van der Waals surface area contributed by atoms with Crippen LogP contribution in [0.4, 0.5) is 10.1 Å². The summed E-state index contributed by atoms with van der Waals surface area (Å²) in [5, 5.41) is 11.3. The molecule has 0 aliphatic carbocycles. The van der Waals surface area contributed by atoms with Gasteiger partial charge in [-0.25, -0.2) is 4.39 Å². The average Bonchev–Trinajstić information content (AvgIpc) is 3.13. The van der Waals surface area contributed by atoms with Gasteiger partial charge in [-0.15, -0.1) is 10.2 Å². The number of halogens is 2. The fourth-order valence-electron chi connectivity index (χ4n) is 2.08. The lowest BCUT2D eigenvalue weighted by Gasteiger charge is -2.11. The van der Waals surface area contributed by atoms with Crippen LogP contribution in [0.2, 0.25) is 5.02 Å². The Morgan fingerprint density at radius 3 is 2.74 bits per heavy atom. The maximum Gasteiger partial charge on any atom is 0.277 e. The Labute approximate surface area is 164 Å². The first kappa shape index (κ1) is 19.2. The first-order valence-corrected chi connectivity index (χ1v) is 9.30. The number of hydrogen-bond acceptors (Lipinski definition) is 6. The Bertz CT molecular complexity index is 920. The first-order valence-electron chi connectivity index (χ1n) is 7.94. The second-order valence-corrected chi connectivity index (χ2v) is 6.80. The van der Waals surface area contributed by atoms with Crippen LogP contribution in [0.25, 0.3) is 0 Å². The zero-order chi connectivity index (χ0) is 19.2. The minimum atomic E-state index is -0.633. The van der Waals surface area contributed by atoms with E-state index in [4.69, 9.17) is 20.8 Å². The van der Waals surface area contributed by atoms with Gasteiger partial charge in [0.25, 0.3) is 11.1 Å². The number of para-hydroxylation sites is 1. The largest absolute Gasteiger partial charge is 0.478 e. The number of hydrogen-bond donors (Lipinski definition) is 1. The number of nitrogens with zero attached hydrogens (tertiary/aromatic N) is 2. The van der Waals surface area contributed by atoms with E-state index in [1.807, 2.05) is 0 Å². The Hall–Kier alpha value is -2.58. The third-order valence-corrected chi connectivity index (χ3v) is 4.44. The van der Waals surface area contributed by atoms with E-state index in [0.717, 1.165) is 11.8 Å². The minimum absolute atomic E-state index is 0.0901. The molecule has 0 saturated heterocycles. The number of amides is 1. The van der Waals surface area contributed by atoms with E-state index in [9.17, 15) is 9.18 Å². The minimum Gasteiger partial charge on any atom is -0.478 e. The second-order valence-electron chi connectivity index (χ2n) is 5.44. The van der Waals surface area contributed by atoms with Crippen molar-refractivity contribution in [1.29, 1.82) is 0 Å². The molecule has 3 aromatic rings. The molecule has 1 heterocycles. The average molecular weight is 408 g/mol. The lowest BCUT2D eigenvalue weighted by atomic mass is 10.3. The highest BCUT2D eigenvalue weighted by molar-refractivity contribution is 7.99. The quantitative estimate of drug-likeness (QED) is 0.570. The molecule has 9 heteroatoms. The molecular weight excluding hydrogens is 393 g/mol. The van der Waals surface area contributed by atoms with Crippen molar-refractivity contribution >= 4 is 35.0 Å². The monoisotopic (exact) mass is 407 g/mol. The standard InChI is InChI=1S/C18H15ClFN3O3S/c1-11(25-15-5-3-2-4-14(15)20)17-22-23-18(26-17)27-10-16(24)21-13-8-6-12(19)7-9-13/h2-9,11H,10H2,1H3,(H,21,24)/t11-/m1/s1. The molecule has 0 radical (unpaired) electrons. The summed E-state index contributed by atoms with van der Waals surface area (Å²) in [6, 6.07) is 12.8. The molecule has 0 fully saturated rings. The van der Waals surface area contributed by atoms with Gasteiger partial charge in [0.1, 0.15) is 0 Å². The number of carbonyl (C=O) groups excluding carboxylic acids is 1. The highest BCUT2D eigenvalue weighted by atomic mass is 35.5. The van der Waals surface area contributed by atoms with Crippen molar-refractivity contribution in [1.82, 2.24) is 10.2 Å². The molecule has 6 nitrogen and oxygen atoms in total. The number of anilines is 1. The number of ether oxygens (including phenoxy) is 1. The topological polar surface area (TPSA) is 77.2 Å². The maximum atomic E-state index is 13.6. The van der Waals surface area contributed by atoms with E-state index in [-0.39, 0.29) is 28.5 Å². The number of aromatic nitrogens is 2. The number of thioether (sulfide) groups is 1. The van der Waals surface area contributed by atoms with Crippen LogP contribution in [0.5, 0.6) is 5.75 Å². The van der Waals surface area contributed by atoms with Gasteiger partial charge in [0, 0.05) is 10.7 Å². The Balaban J connectivity index is 1.52. The molecule has 0 saturated carbocycles. The van der Waals surface area contributed by atoms with E-state index >= 15 is 0 Å². The normalized spacial score (nSPS) is 11.8. The molecule has 0 aliphatic rings. The highest BCUT2D eigenvalue weighted by Crippen LogP contribution is 2.25. The van der Waals surface area contributed by atoms with Crippen molar-refractivity contribution in [2.45, 2.75) is 18.3 Å². The van der Waals surface area contributed by atoms with Gasteiger partial charge >= 0.3 is 0 Å². The van der Waals surface area contributed by atoms with Crippen LogP contribution in [-0.2, 0) is 4.79 Å². The van der Waals surface area contributed by atoms with Crippen LogP contribution in [-0.4, -0.2) is 21.9 Å². The lowest BCUT2D eigenvalue weighted by molar-refractivity contribution is -0.113. The number of rotatable bonds is 7. The molecule has 1 amide bonds. The smallest absolute Gasteiger partial charge is 0.277 e. The third kappa shape index (κ3) is 5.45. The van der Waals surface area contributed by atoms with Gasteiger partial charge in [-0.1, -0.05) is 35.5 Å². The summed E-state index contributed by atoms with van der Waals surface area (Å²) >= 11 is 6.89. The summed E-state index contributed by atoms with van der Waals surface area (Å²) in [4.78, 5) is 12.0. The molecule has 2 aromatic carbocycles. The molecule has 1 aromatic heterocycles. The highest BCUT2D eigenvalue weighted by Gasteiger charge is 2.18. The van der Waals surface area contributed by atoms with Gasteiger partial charge in [0.15, 0.2) is 17.7 Å². The predicted octanol–water partition coefficient (Wildman–Crippen LogP) is 4.73. The fraction of sp³-hybridized carbons (Fsp3) is 0.167. The summed E-state index contributed by atoms with van der Waals surface area (Å²) < 4.78 is 24.6. The van der Waals surface area contributed by atoms with Crippen LogP contribution in [0.15, 0.2) is 58.2 Å². The van der Waals surface area contributed by atoms with Gasteiger partial charge < -0.3 is 14.5 Å². The molecule has 0 spiro atoms. The van der Waals surface area contributed by atoms with Crippen molar-refractivity contribution < 1.29 is 18.3 Å². The molecule has 1 atom stereocenters. The summed E-state index contributed by atoms with van der Waals surface area (Å²) in [6.45, 7) is 1.67. The van der Waals surface area contributed by atoms with E-state index in [0.29, 0.717) is 10.7 Å². The molecular formula is C18H15ClFN3O3S. The van der Waals surface area contributed by atoms with Crippen LogP contribution >= 0.6 is 23.4 Å². The van der Waals surface area contributed by atoms with E-state index in [2.05, 4.69) is 15.5 Å². The molecule has 140 valence electrons. The molecule has 1 N–H and O–H groups in total. The molecule has 0 bridgehead atoms. The van der Waals surface area contributed by atoms with Crippen LogP contribution in [0, 0.1) is 5.82 Å². The summed E-state index contributed by atoms with van der Waals surface area (Å²) in [5.41, 5.74) is 0.642. The van der Waals surface area contributed by atoms with Crippen molar-refractivity contribution in [3.63, 3.8) is 0 Å². The van der Waals surface area contributed by atoms with E-state index < -0.39 is 11.9 Å². The number of nitrogens with one attached hydrogen (secondary N) is 1. The first-order chi connectivity index (χ1) is 13.0. The summed E-state index contributed by atoms with van der Waals surface area (Å²) in [5.74, 6) is -0.319. The maximum absolute atomic E-state index is 13.6. The zero-order valence-electron chi connectivity index (χ0n) is 14.2. The van der Waals surface area contributed by atoms with Gasteiger partial charge in [-0.3, -0.25) is 4.79 Å². The van der Waals surface area contributed by atoms with Gasteiger partial charge in [-0.2, -0.15) is 0 Å². The Morgan fingerprint density at radius 1 is 1.26 bits per heavy atom. The van der Waals surface area contributed by atoms with Crippen LogP contribution in [0.1, 0.15) is 18.9 Å². The lowest BCUT2D eigenvalue weighted by Crippen LogP contribution is -2.13. The van der Waals surface area contributed by atoms with Gasteiger partial charge in [0.05, 0.1) is 5.75 Å². The van der Waals surface area contributed by atoms with Crippen molar-refractivity contribution in [2.75, 3.05) is 11.1 Å². The van der Waals surface area contributed by atoms with Gasteiger partial charge in [-0.05, 0) is 43.3 Å². The Morgan fingerprint density at radius 2 is 2.00 bits per heavy atom. The van der Waals surface area contributed by atoms with E-state index in [1.54, 1.807) is 43.3 Å².